The van der Waals surface area contributed by atoms with Crippen molar-refractivity contribution in [2.24, 2.45) is 5.92 Å². The van der Waals surface area contributed by atoms with E-state index < -0.39 is 12.6 Å². The zero-order valence-electron chi connectivity index (χ0n) is 12.2. The monoisotopic (exact) mass is 305 g/mol. The van der Waals surface area contributed by atoms with Crippen molar-refractivity contribution in [1.29, 1.82) is 0 Å². The molecule has 5 nitrogen and oxygen atoms in total. The van der Waals surface area contributed by atoms with Gasteiger partial charge in [-0.15, -0.1) is 5.10 Å². The van der Waals surface area contributed by atoms with Gasteiger partial charge >= 0.3 is 6.18 Å². The normalized spacial score (nSPS) is 17.4. The molecule has 0 bridgehead atoms. The highest BCUT2D eigenvalue weighted by Crippen LogP contribution is 2.23. The van der Waals surface area contributed by atoms with Gasteiger partial charge in [0.25, 0.3) is 0 Å². The van der Waals surface area contributed by atoms with Crippen molar-refractivity contribution in [2.75, 3.05) is 31.1 Å². The fourth-order valence-corrected chi connectivity index (χ4v) is 2.48. The van der Waals surface area contributed by atoms with Crippen molar-refractivity contribution >= 4 is 5.95 Å². The van der Waals surface area contributed by atoms with Gasteiger partial charge in [0.15, 0.2) is 0 Å². The molecule has 2 heterocycles. The summed E-state index contributed by atoms with van der Waals surface area (Å²) in [5.74, 6) is 1.48. The van der Waals surface area contributed by atoms with E-state index in [0.29, 0.717) is 17.7 Å². The molecule has 0 radical (unpaired) electrons. The minimum atomic E-state index is -4.16. The van der Waals surface area contributed by atoms with Crippen LogP contribution >= 0.6 is 0 Å². The molecule has 2 rings (SSSR count). The first-order chi connectivity index (χ1) is 9.98. The maximum atomic E-state index is 12.2. The van der Waals surface area contributed by atoms with Crippen molar-refractivity contribution < 1.29 is 13.2 Å². The molecule has 1 aromatic heterocycles. The fraction of sp³-hybridized carbons (Fsp3) is 0.846. The summed E-state index contributed by atoms with van der Waals surface area (Å²) in [6.07, 6.45) is -3.06. The highest BCUT2D eigenvalue weighted by molar-refractivity contribution is 5.29. The number of piperidine rings is 1. The molecule has 120 valence electrons. The SMILES string of the molecule is CCNCC1CCN(c2n[nH]c(CCC(F)(F)F)n2)CC1. The Morgan fingerprint density at radius 1 is 1.33 bits per heavy atom. The number of rotatable bonds is 6. The number of aromatic nitrogens is 3. The minimum Gasteiger partial charge on any atom is -0.340 e. The Kier molecular flexibility index (Phi) is 5.44. The van der Waals surface area contributed by atoms with Crippen LogP contribution in [0.25, 0.3) is 0 Å². The third kappa shape index (κ3) is 5.18. The lowest BCUT2D eigenvalue weighted by Gasteiger charge is -2.31. The summed E-state index contributed by atoms with van der Waals surface area (Å²) in [5.41, 5.74) is 0. The Hall–Kier alpha value is -1.31. The third-order valence-electron chi connectivity index (χ3n) is 3.75. The molecule has 0 atom stereocenters. The largest absolute Gasteiger partial charge is 0.389 e. The summed E-state index contributed by atoms with van der Waals surface area (Å²) in [6.45, 7) is 5.80. The van der Waals surface area contributed by atoms with E-state index in [1.807, 2.05) is 4.90 Å². The molecule has 8 heteroatoms. The first kappa shape index (κ1) is 16.1. The summed E-state index contributed by atoms with van der Waals surface area (Å²) < 4.78 is 36.5. The second-order valence-electron chi connectivity index (χ2n) is 5.44. The summed E-state index contributed by atoms with van der Waals surface area (Å²) in [5, 5.41) is 9.99. The Bertz CT molecular complexity index is 424. The number of hydrogen-bond donors (Lipinski definition) is 2. The van der Waals surface area contributed by atoms with E-state index in [-0.39, 0.29) is 6.42 Å². The molecular weight excluding hydrogens is 283 g/mol. The molecule has 0 unspecified atom stereocenters. The van der Waals surface area contributed by atoms with Gasteiger partial charge in [0.05, 0.1) is 6.42 Å². The van der Waals surface area contributed by atoms with Gasteiger partial charge in [0, 0.05) is 19.5 Å². The van der Waals surface area contributed by atoms with Crippen molar-refractivity contribution in [3.8, 4) is 0 Å². The number of aryl methyl sites for hydroxylation is 1. The number of nitrogens with one attached hydrogen (secondary N) is 2. The molecule has 0 saturated carbocycles. The first-order valence-electron chi connectivity index (χ1n) is 7.41. The zero-order chi connectivity index (χ0) is 15.3. The van der Waals surface area contributed by atoms with E-state index in [1.54, 1.807) is 0 Å². The van der Waals surface area contributed by atoms with Crippen molar-refractivity contribution in [2.45, 2.75) is 38.8 Å². The fourth-order valence-electron chi connectivity index (χ4n) is 2.48. The van der Waals surface area contributed by atoms with Crippen LogP contribution < -0.4 is 10.2 Å². The van der Waals surface area contributed by atoms with Gasteiger partial charge < -0.3 is 10.2 Å². The zero-order valence-corrected chi connectivity index (χ0v) is 12.2. The van der Waals surface area contributed by atoms with Gasteiger partial charge in [-0.2, -0.15) is 18.2 Å². The van der Waals surface area contributed by atoms with Crippen molar-refractivity contribution in [3.05, 3.63) is 5.82 Å². The van der Waals surface area contributed by atoms with Crippen molar-refractivity contribution in [3.63, 3.8) is 0 Å². The number of hydrogen-bond acceptors (Lipinski definition) is 4. The average Bonchev–Trinajstić information content (AvgIpc) is 2.92. The minimum absolute atomic E-state index is 0.145. The highest BCUT2D eigenvalue weighted by Gasteiger charge is 2.28. The van der Waals surface area contributed by atoms with E-state index in [1.165, 1.54) is 0 Å². The molecule has 1 aliphatic heterocycles. The van der Waals surface area contributed by atoms with Crippen LogP contribution in [-0.2, 0) is 6.42 Å². The van der Waals surface area contributed by atoms with Crippen LogP contribution in [0.5, 0.6) is 0 Å². The molecule has 1 saturated heterocycles. The summed E-state index contributed by atoms with van der Waals surface area (Å²) >= 11 is 0. The van der Waals surface area contributed by atoms with E-state index in [4.69, 9.17) is 0 Å². The number of halogens is 3. The summed E-state index contributed by atoms with van der Waals surface area (Å²) in [6, 6.07) is 0. The van der Waals surface area contributed by atoms with Gasteiger partial charge in [-0.25, -0.2) is 0 Å². The van der Waals surface area contributed by atoms with Crippen LogP contribution in [0.15, 0.2) is 0 Å². The lowest BCUT2D eigenvalue weighted by atomic mass is 9.97. The number of aromatic amines is 1. The van der Waals surface area contributed by atoms with E-state index in [0.717, 1.165) is 39.0 Å². The molecule has 0 aromatic carbocycles. The van der Waals surface area contributed by atoms with Gasteiger partial charge in [0.2, 0.25) is 5.95 Å². The molecule has 21 heavy (non-hydrogen) atoms. The maximum absolute atomic E-state index is 12.2. The lowest BCUT2D eigenvalue weighted by molar-refractivity contribution is -0.134. The quantitative estimate of drug-likeness (QED) is 0.845. The Labute approximate surface area is 122 Å². The smallest absolute Gasteiger partial charge is 0.340 e. The molecule has 1 aliphatic rings. The second kappa shape index (κ2) is 7.11. The average molecular weight is 305 g/mol. The molecule has 2 N–H and O–H groups in total. The molecule has 0 aliphatic carbocycles. The standard InChI is InChI=1S/C13H22F3N5/c1-2-17-9-10-4-7-21(8-5-10)12-18-11(19-20-12)3-6-13(14,15)16/h10,17H,2-9H2,1H3,(H,18,19,20). The third-order valence-corrected chi connectivity index (χ3v) is 3.75. The first-order valence-corrected chi connectivity index (χ1v) is 7.41. The van der Waals surface area contributed by atoms with E-state index in [2.05, 4.69) is 27.4 Å². The van der Waals surface area contributed by atoms with Crippen molar-refractivity contribution in [1.82, 2.24) is 20.5 Å². The van der Waals surface area contributed by atoms with E-state index in [9.17, 15) is 13.2 Å². The van der Waals surface area contributed by atoms with E-state index >= 15 is 0 Å². The molecule has 0 spiro atoms. The summed E-state index contributed by atoms with van der Waals surface area (Å²) in [7, 11) is 0. The number of nitrogens with zero attached hydrogens (tertiary/aromatic N) is 3. The van der Waals surface area contributed by atoms with Crippen LogP contribution in [0, 0.1) is 5.92 Å². The Morgan fingerprint density at radius 2 is 2.05 bits per heavy atom. The Morgan fingerprint density at radius 3 is 2.67 bits per heavy atom. The van der Waals surface area contributed by atoms with Gasteiger partial charge in [-0.3, -0.25) is 5.10 Å². The van der Waals surface area contributed by atoms with Crippen LogP contribution in [-0.4, -0.2) is 47.5 Å². The number of H-pyrrole nitrogens is 1. The highest BCUT2D eigenvalue weighted by atomic mass is 19.4. The predicted octanol–water partition coefficient (Wildman–Crippen LogP) is 2.13. The van der Waals surface area contributed by atoms with Crippen LogP contribution in [0.4, 0.5) is 19.1 Å². The van der Waals surface area contributed by atoms with Crippen LogP contribution in [0.1, 0.15) is 32.0 Å². The second-order valence-corrected chi connectivity index (χ2v) is 5.44. The summed E-state index contributed by atoms with van der Waals surface area (Å²) in [4.78, 5) is 6.21. The topological polar surface area (TPSA) is 56.8 Å². The molecule has 1 aromatic rings. The van der Waals surface area contributed by atoms with Gasteiger partial charge in [-0.05, 0) is 31.8 Å². The molecule has 1 fully saturated rings. The molecule has 0 amide bonds. The lowest BCUT2D eigenvalue weighted by Crippen LogP contribution is -2.37. The number of alkyl halides is 3. The number of anilines is 1. The van der Waals surface area contributed by atoms with Gasteiger partial charge in [0.1, 0.15) is 5.82 Å². The predicted molar refractivity (Wildman–Crippen MR) is 74.2 cm³/mol. The Balaban J connectivity index is 1.80. The van der Waals surface area contributed by atoms with Gasteiger partial charge in [-0.1, -0.05) is 6.92 Å². The molecular formula is C13H22F3N5. The van der Waals surface area contributed by atoms with Crippen LogP contribution in [0.2, 0.25) is 0 Å². The maximum Gasteiger partial charge on any atom is 0.389 e. The van der Waals surface area contributed by atoms with Crippen LogP contribution in [0.3, 0.4) is 0 Å².